The van der Waals surface area contributed by atoms with Gasteiger partial charge < -0.3 is 5.11 Å². The first-order chi connectivity index (χ1) is 5.15. The third-order valence-corrected chi connectivity index (χ3v) is 3.83. The summed E-state index contributed by atoms with van der Waals surface area (Å²) in [6.45, 7) is 4.01. The largest absolute Gasteiger partial charge is 0.388 e. The maximum atomic E-state index is 9.46. The fraction of sp³-hybridized carbons (Fsp3) is 0.500. The number of rotatable bonds is 2. The number of thiophene rings is 1. The van der Waals surface area contributed by atoms with Crippen molar-refractivity contribution in [1.29, 1.82) is 0 Å². The molecule has 0 saturated carbocycles. The van der Waals surface area contributed by atoms with Gasteiger partial charge in [0.05, 0.1) is 9.89 Å². The van der Waals surface area contributed by atoms with Gasteiger partial charge in [0.2, 0.25) is 0 Å². The van der Waals surface area contributed by atoms with Crippen LogP contribution in [0, 0.1) is 6.92 Å². The number of aliphatic hydroxyl groups is 1. The number of hydrogen-bond acceptors (Lipinski definition) is 2. The molecule has 1 aromatic heterocycles. The molecule has 11 heavy (non-hydrogen) atoms. The van der Waals surface area contributed by atoms with Crippen molar-refractivity contribution in [3.05, 3.63) is 20.3 Å². The zero-order valence-corrected chi connectivity index (χ0v) is 9.00. The minimum atomic E-state index is -0.287. The lowest BCUT2D eigenvalue weighted by Crippen LogP contribution is -1.89. The summed E-state index contributed by atoms with van der Waals surface area (Å²) in [6, 6.07) is 2.03. The van der Waals surface area contributed by atoms with Gasteiger partial charge in [-0.15, -0.1) is 11.3 Å². The van der Waals surface area contributed by atoms with E-state index in [2.05, 4.69) is 15.9 Å². The summed E-state index contributed by atoms with van der Waals surface area (Å²) in [4.78, 5) is 1.05. The molecular weight excluding hydrogens is 224 g/mol. The molecule has 1 atom stereocenters. The summed E-state index contributed by atoms with van der Waals surface area (Å²) in [7, 11) is 0. The Labute approximate surface area is 79.2 Å². The van der Waals surface area contributed by atoms with Gasteiger partial charge in [-0.05, 0) is 40.9 Å². The lowest BCUT2D eigenvalue weighted by atomic mass is 10.2. The molecule has 1 nitrogen and oxygen atoms in total. The van der Waals surface area contributed by atoms with Crippen molar-refractivity contribution in [2.24, 2.45) is 0 Å². The van der Waals surface area contributed by atoms with Gasteiger partial charge in [0, 0.05) is 4.88 Å². The summed E-state index contributed by atoms with van der Waals surface area (Å²) in [5, 5.41) is 9.46. The van der Waals surface area contributed by atoms with Gasteiger partial charge in [-0.25, -0.2) is 0 Å². The van der Waals surface area contributed by atoms with E-state index in [1.807, 2.05) is 19.9 Å². The van der Waals surface area contributed by atoms with Crippen molar-refractivity contribution in [2.45, 2.75) is 26.4 Å². The lowest BCUT2D eigenvalue weighted by Gasteiger charge is -2.01. The van der Waals surface area contributed by atoms with Crippen LogP contribution in [-0.4, -0.2) is 5.11 Å². The molecule has 0 fully saturated rings. The molecule has 0 unspecified atom stereocenters. The van der Waals surface area contributed by atoms with Crippen LogP contribution in [0.5, 0.6) is 0 Å². The molecule has 1 rings (SSSR count). The Balaban J connectivity index is 2.88. The minimum absolute atomic E-state index is 0.287. The van der Waals surface area contributed by atoms with Gasteiger partial charge in [0.15, 0.2) is 0 Å². The van der Waals surface area contributed by atoms with Crippen molar-refractivity contribution >= 4 is 27.3 Å². The van der Waals surface area contributed by atoms with Gasteiger partial charge >= 0.3 is 0 Å². The zero-order chi connectivity index (χ0) is 8.43. The Morgan fingerprint density at radius 1 is 1.73 bits per heavy atom. The summed E-state index contributed by atoms with van der Waals surface area (Å²) in [6.07, 6.45) is 0.497. The van der Waals surface area contributed by atoms with Crippen LogP contribution in [0.2, 0.25) is 0 Å². The first-order valence-corrected chi connectivity index (χ1v) is 5.20. The molecule has 3 heteroatoms. The highest BCUT2D eigenvalue weighted by Gasteiger charge is 2.09. The lowest BCUT2D eigenvalue weighted by molar-refractivity contribution is 0.177. The maximum Gasteiger partial charge on any atom is 0.0879 e. The van der Waals surface area contributed by atoms with E-state index in [-0.39, 0.29) is 6.10 Å². The molecule has 1 aromatic rings. The standard InChI is InChI=1S/C8H11BrOS/c1-3-6(10)7-4-5(2)8(9)11-7/h4,6,10H,3H2,1-2H3/t6-/m0/s1. The van der Waals surface area contributed by atoms with Crippen LogP contribution in [0.25, 0.3) is 0 Å². The van der Waals surface area contributed by atoms with E-state index in [9.17, 15) is 5.11 Å². The summed E-state index contributed by atoms with van der Waals surface area (Å²) >= 11 is 5.03. The van der Waals surface area contributed by atoms with E-state index in [0.717, 1.165) is 15.1 Å². The molecule has 0 bridgehead atoms. The smallest absolute Gasteiger partial charge is 0.0879 e. The number of aryl methyl sites for hydroxylation is 1. The highest BCUT2D eigenvalue weighted by Crippen LogP contribution is 2.32. The topological polar surface area (TPSA) is 20.2 Å². The SMILES string of the molecule is CC[C@H](O)c1cc(C)c(Br)s1. The minimum Gasteiger partial charge on any atom is -0.388 e. The van der Waals surface area contributed by atoms with Crippen LogP contribution in [0.1, 0.15) is 29.9 Å². The molecule has 1 heterocycles. The fourth-order valence-corrected chi connectivity index (χ4v) is 2.49. The molecule has 0 aliphatic heterocycles. The zero-order valence-electron chi connectivity index (χ0n) is 6.60. The van der Waals surface area contributed by atoms with Gasteiger partial charge in [-0.3, -0.25) is 0 Å². The first kappa shape index (κ1) is 9.23. The molecule has 62 valence electrons. The Bertz CT molecular complexity index is 225. The van der Waals surface area contributed by atoms with E-state index in [1.165, 1.54) is 5.56 Å². The Hall–Kier alpha value is 0.140. The highest BCUT2D eigenvalue weighted by molar-refractivity contribution is 9.11. The van der Waals surface area contributed by atoms with E-state index in [1.54, 1.807) is 11.3 Å². The average Bonchev–Trinajstić information content (AvgIpc) is 2.31. The molecule has 0 spiro atoms. The molecule has 0 aliphatic rings. The van der Waals surface area contributed by atoms with Gasteiger partial charge in [-0.1, -0.05) is 6.92 Å². The Morgan fingerprint density at radius 3 is 2.73 bits per heavy atom. The van der Waals surface area contributed by atoms with Crippen LogP contribution < -0.4 is 0 Å². The molecule has 0 radical (unpaired) electrons. The molecule has 0 aromatic carbocycles. The second-order valence-corrected chi connectivity index (χ2v) is 4.93. The molecular formula is C8H11BrOS. The van der Waals surface area contributed by atoms with E-state index < -0.39 is 0 Å². The van der Waals surface area contributed by atoms with Crippen molar-refractivity contribution in [1.82, 2.24) is 0 Å². The summed E-state index contributed by atoms with van der Waals surface area (Å²) < 4.78 is 1.13. The van der Waals surface area contributed by atoms with E-state index in [4.69, 9.17) is 0 Å². The number of hydrogen-bond donors (Lipinski definition) is 1. The predicted octanol–water partition coefficient (Wildman–Crippen LogP) is 3.26. The van der Waals surface area contributed by atoms with Gasteiger partial charge in [0.25, 0.3) is 0 Å². The number of aliphatic hydroxyl groups excluding tert-OH is 1. The van der Waals surface area contributed by atoms with Gasteiger partial charge in [0.1, 0.15) is 0 Å². The van der Waals surface area contributed by atoms with Crippen LogP contribution in [0.4, 0.5) is 0 Å². The second kappa shape index (κ2) is 3.70. The van der Waals surface area contributed by atoms with Crippen molar-refractivity contribution in [3.63, 3.8) is 0 Å². The van der Waals surface area contributed by atoms with E-state index in [0.29, 0.717) is 0 Å². The highest BCUT2D eigenvalue weighted by atomic mass is 79.9. The van der Waals surface area contributed by atoms with E-state index >= 15 is 0 Å². The average molecular weight is 235 g/mol. The van der Waals surface area contributed by atoms with Gasteiger partial charge in [-0.2, -0.15) is 0 Å². The fourth-order valence-electron chi connectivity index (χ4n) is 0.849. The molecule has 0 aliphatic carbocycles. The normalized spacial score (nSPS) is 13.5. The summed E-state index contributed by atoms with van der Waals surface area (Å²) in [5.74, 6) is 0. The second-order valence-electron chi connectivity index (χ2n) is 2.53. The molecule has 1 N–H and O–H groups in total. The molecule has 0 saturated heterocycles. The van der Waals surface area contributed by atoms with Crippen LogP contribution in [0.15, 0.2) is 9.85 Å². The third kappa shape index (κ3) is 2.04. The maximum absolute atomic E-state index is 9.46. The van der Waals surface area contributed by atoms with Crippen LogP contribution in [0.3, 0.4) is 0 Å². The monoisotopic (exact) mass is 234 g/mol. The summed E-state index contributed by atoms with van der Waals surface area (Å²) in [5.41, 5.74) is 1.21. The Kier molecular flexibility index (Phi) is 3.10. The van der Waals surface area contributed by atoms with Crippen LogP contribution in [-0.2, 0) is 0 Å². The van der Waals surface area contributed by atoms with Crippen molar-refractivity contribution in [3.8, 4) is 0 Å². The molecule has 0 amide bonds. The van der Waals surface area contributed by atoms with Crippen LogP contribution >= 0.6 is 27.3 Å². The Morgan fingerprint density at radius 2 is 2.36 bits per heavy atom. The van der Waals surface area contributed by atoms with Crippen molar-refractivity contribution in [2.75, 3.05) is 0 Å². The number of halogens is 1. The van der Waals surface area contributed by atoms with Crippen molar-refractivity contribution < 1.29 is 5.11 Å². The first-order valence-electron chi connectivity index (χ1n) is 3.59. The third-order valence-electron chi connectivity index (χ3n) is 1.59. The predicted molar refractivity (Wildman–Crippen MR) is 52.0 cm³/mol. The quantitative estimate of drug-likeness (QED) is 0.834.